The molecule has 1 N–H and O–H groups in total. The van der Waals surface area contributed by atoms with Crippen molar-refractivity contribution in [1.29, 1.82) is 0 Å². The number of nitrogens with one attached hydrogen (secondary N) is 1. The van der Waals surface area contributed by atoms with E-state index in [-0.39, 0.29) is 0 Å². The number of aromatic nitrogens is 2. The smallest absolute Gasteiger partial charge is 0.202 e. The predicted octanol–water partition coefficient (Wildman–Crippen LogP) is 4.31. The normalized spacial score (nSPS) is 23.5. The number of aryl methyl sites for hydroxylation is 1. The van der Waals surface area contributed by atoms with Gasteiger partial charge in [0, 0.05) is 25.5 Å². The number of hydrogen-bond donors (Lipinski definition) is 1. The highest BCUT2D eigenvalue weighted by atomic mass is 15.2. The minimum Gasteiger partial charge on any atom is -0.356 e. The first-order valence-corrected chi connectivity index (χ1v) is 8.04. The molecule has 0 spiro atoms. The molecule has 1 aliphatic carbocycles. The van der Waals surface area contributed by atoms with Gasteiger partial charge >= 0.3 is 0 Å². The van der Waals surface area contributed by atoms with Crippen LogP contribution in [0.3, 0.4) is 0 Å². The summed E-state index contributed by atoms with van der Waals surface area (Å²) in [5.41, 5.74) is 0. The molecule has 19 heavy (non-hydrogen) atoms. The molecule has 2 rings (SSSR count). The van der Waals surface area contributed by atoms with Crippen LogP contribution in [0, 0.1) is 11.8 Å². The van der Waals surface area contributed by atoms with Crippen LogP contribution in [0.4, 0.5) is 5.95 Å². The Hall–Kier alpha value is -0.990. The minimum atomic E-state index is 0.926. The van der Waals surface area contributed by atoms with Crippen molar-refractivity contribution in [3.63, 3.8) is 0 Å². The Balaban J connectivity index is 1.77. The average Bonchev–Trinajstić information content (AvgIpc) is 2.84. The first-order chi connectivity index (χ1) is 9.29. The van der Waals surface area contributed by atoms with Crippen LogP contribution in [-0.2, 0) is 6.54 Å². The third-order valence-corrected chi connectivity index (χ3v) is 4.35. The lowest BCUT2D eigenvalue weighted by Gasteiger charge is -2.26. The van der Waals surface area contributed by atoms with Gasteiger partial charge in [-0.15, -0.1) is 0 Å². The fourth-order valence-corrected chi connectivity index (χ4v) is 3.18. The third kappa shape index (κ3) is 4.55. The third-order valence-electron chi connectivity index (χ3n) is 4.35. The summed E-state index contributed by atoms with van der Waals surface area (Å²) in [5.74, 6) is 2.91. The van der Waals surface area contributed by atoms with Crippen LogP contribution in [0.2, 0.25) is 0 Å². The molecule has 0 saturated heterocycles. The summed E-state index contributed by atoms with van der Waals surface area (Å²) in [7, 11) is 0. The molecule has 3 heteroatoms. The monoisotopic (exact) mass is 263 g/mol. The van der Waals surface area contributed by atoms with Crippen molar-refractivity contribution in [2.24, 2.45) is 11.8 Å². The van der Waals surface area contributed by atoms with Crippen molar-refractivity contribution in [1.82, 2.24) is 9.55 Å². The van der Waals surface area contributed by atoms with E-state index >= 15 is 0 Å². The highest BCUT2D eigenvalue weighted by Crippen LogP contribution is 2.31. The van der Waals surface area contributed by atoms with Crippen molar-refractivity contribution in [3.05, 3.63) is 12.4 Å². The SMILES string of the molecule is CCCCNc1nccn1CCC1CCCC(C)C1. The van der Waals surface area contributed by atoms with E-state index in [4.69, 9.17) is 0 Å². The van der Waals surface area contributed by atoms with E-state index in [2.05, 4.69) is 34.9 Å². The Morgan fingerprint density at radius 2 is 2.32 bits per heavy atom. The number of unbranched alkanes of at least 4 members (excludes halogenated alkanes) is 1. The van der Waals surface area contributed by atoms with E-state index in [0.29, 0.717) is 0 Å². The Bertz CT molecular complexity index is 359. The van der Waals surface area contributed by atoms with Gasteiger partial charge in [-0.05, 0) is 31.1 Å². The number of hydrogen-bond acceptors (Lipinski definition) is 2. The van der Waals surface area contributed by atoms with E-state index in [1.165, 1.54) is 44.9 Å². The van der Waals surface area contributed by atoms with Gasteiger partial charge in [-0.1, -0.05) is 39.5 Å². The molecule has 1 heterocycles. The summed E-state index contributed by atoms with van der Waals surface area (Å²) in [6, 6.07) is 0. The molecule has 0 amide bonds. The first kappa shape index (κ1) is 14.4. The molecule has 2 unspecified atom stereocenters. The van der Waals surface area contributed by atoms with E-state index in [0.717, 1.165) is 30.9 Å². The lowest BCUT2D eigenvalue weighted by atomic mass is 9.81. The molecule has 1 aliphatic rings. The second kappa shape index (κ2) is 7.56. The highest BCUT2D eigenvalue weighted by Gasteiger charge is 2.18. The van der Waals surface area contributed by atoms with Crippen LogP contribution in [0.1, 0.15) is 58.8 Å². The van der Waals surface area contributed by atoms with Gasteiger partial charge in [-0.3, -0.25) is 0 Å². The van der Waals surface area contributed by atoms with Crippen molar-refractivity contribution < 1.29 is 0 Å². The summed E-state index contributed by atoms with van der Waals surface area (Å²) in [5, 5.41) is 3.44. The molecule has 2 atom stereocenters. The number of imidazole rings is 1. The van der Waals surface area contributed by atoms with Gasteiger partial charge in [0.2, 0.25) is 5.95 Å². The van der Waals surface area contributed by atoms with Gasteiger partial charge < -0.3 is 9.88 Å². The molecule has 3 nitrogen and oxygen atoms in total. The van der Waals surface area contributed by atoms with E-state index in [9.17, 15) is 0 Å². The maximum atomic E-state index is 4.42. The first-order valence-electron chi connectivity index (χ1n) is 8.04. The quantitative estimate of drug-likeness (QED) is 0.743. The van der Waals surface area contributed by atoms with Gasteiger partial charge in [0.25, 0.3) is 0 Å². The van der Waals surface area contributed by atoms with Crippen molar-refractivity contribution in [2.45, 2.75) is 65.3 Å². The number of rotatable bonds is 7. The molecule has 0 aliphatic heterocycles. The fraction of sp³-hybridized carbons (Fsp3) is 0.812. The second-order valence-electron chi connectivity index (χ2n) is 6.15. The largest absolute Gasteiger partial charge is 0.356 e. The minimum absolute atomic E-state index is 0.926. The molecule has 1 aromatic rings. The van der Waals surface area contributed by atoms with Crippen LogP contribution in [0.5, 0.6) is 0 Å². The van der Waals surface area contributed by atoms with Gasteiger partial charge in [0.05, 0.1) is 0 Å². The second-order valence-corrected chi connectivity index (χ2v) is 6.15. The van der Waals surface area contributed by atoms with Crippen LogP contribution in [-0.4, -0.2) is 16.1 Å². The topological polar surface area (TPSA) is 29.9 Å². The maximum absolute atomic E-state index is 4.42. The zero-order valence-corrected chi connectivity index (χ0v) is 12.6. The van der Waals surface area contributed by atoms with Crippen molar-refractivity contribution in [2.75, 3.05) is 11.9 Å². The molecule has 1 saturated carbocycles. The Morgan fingerprint density at radius 1 is 1.42 bits per heavy atom. The summed E-state index contributed by atoms with van der Waals surface area (Å²) in [6.07, 6.45) is 13.5. The van der Waals surface area contributed by atoms with Gasteiger partial charge in [0.1, 0.15) is 0 Å². The van der Waals surface area contributed by atoms with E-state index in [1.807, 2.05) is 6.20 Å². The molecular formula is C16H29N3. The van der Waals surface area contributed by atoms with E-state index < -0.39 is 0 Å². The molecule has 1 aromatic heterocycles. The lowest BCUT2D eigenvalue weighted by Crippen LogP contribution is -2.16. The van der Waals surface area contributed by atoms with E-state index in [1.54, 1.807) is 0 Å². The molecule has 0 bridgehead atoms. The maximum Gasteiger partial charge on any atom is 0.202 e. The summed E-state index contributed by atoms with van der Waals surface area (Å²) < 4.78 is 2.29. The molecule has 108 valence electrons. The van der Waals surface area contributed by atoms with Crippen LogP contribution < -0.4 is 5.32 Å². The molecule has 0 aromatic carbocycles. The van der Waals surface area contributed by atoms with Gasteiger partial charge in [-0.25, -0.2) is 4.98 Å². The molecule has 1 fully saturated rings. The predicted molar refractivity (Wildman–Crippen MR) is 81.4 cm³/mol. The lowest BCUT2D eigenvalue weighted by molar-refractivity contribution is 0.261. The molecule has 0 radical (unpaired) electrons. The summed E-state index contributed by atoms with van der Waals surface area (Å²) >= 11 is 0. The van der Waals surface area contributed by atoms with Crippen LogP contribution >= 0.6 is 0 Å². The average molecular weight is 263 g/mol. The number of nitrogens with zero attached hydrogens (tertiary/aromatic N) is 2. The summed E-state index contributed by atoms with van der Waals surface area (Å²) in [4.78, 5) is 4.42. The summed E-state index contributed by atoms with van der Waals surface area (Å²) in [6.45, 7) is 6.78. The van der Waals surface area contributed by atoms with Crippen LogP contribution in [0.25, 0.3) is 0 Å². The Labute approximate surface area is 117 Å². The standard InChI is InChI=1S/C16H29N3/c1-3-4-9-17-16-18-10-12-19(16)11-8-15-7-5-6-14(2)13-15/h10,12,14-15H,3-9,11,13H2,1-2H3,(H,17,18). The zero-order chi connectivity index (χ0) is 13.5. The highest BCUT2D eigenvalue weighted by molar-refractivity contribution is 5.25. The van der Waals surface area contributed by atoms with Crippen molar-refractivity contribution in [3.8, 4) is 0 Å². The Kier molecular flexibility index (Phi) is 5.74. The molecular weight excluding hydrogens is 234 g/mol. The van der Waals surface area contributed by atoms with Crippen LogP contribution in [0.15, 0.2) is 12.4 Å². The zero-order valence-electron chi connectivity index (χ0n) is 12.6. The number of anilines is 1. The van der Waals surface area contributed by atoms with Gasteiger partial charge in [-0.2, -0.15) is 0 Å². The Morgan fingerprint density at radius 3 is 3.11 bits per heavy atom. The fourth-order valence-electron chi connectivity index (χ4n) is 3.18. The van der Waals surface area contributed by atoms with Gasteiger partial charge in [0.15, 0.2) is 0 Å². The van der Waals surface area contributed by atoms with Crippen molar-refractivity contribution >= 4 is 5.95 Å².